The lowest BCUT2D eigenvalue weighted by atomic mass is 9.72. The lowest BCUT2D eigenvalue weighted by Gasteiger charge is -2.38. The molecule has 3 aromatic carbocycles. The van der Waals surface area contributed by atoms with Crippen molar-refractivity contribution < 1.29 is 19.1 Å². The fourth-order valence-corrected chi connectivity index (χ4v) is 3.77. The van der Waals surface area contributed by atoms with E-state index in [0.29, 0.717) is 17.5 Å². The number of carbonyl (C=O) groups excluding carboxylic acids is 2. The summed E-state index contributed by atoms with van der Waals surface area (Å²) in [6.07, 6.45) is 1.49. The standard InChI is InChI=1S/C28H30O4/c1-3-22(2)28(19-23-13-7-4-8-14-23,20-31-26(29)24-15-9-5-10-16-24)21-32-27(30)25-17-11-6-12-18-25/h4-18,22H,3,19-21H2,1-2H3. The fraction of sp³-hybridized carbons (Fsp3) is 0.286. The Morgan fingerprint density at radius 1 is 0.719 bits per heavy atom. The van der Waals surface area contributed by atoms with Gasteiger partial charge in [-0.2, -0.15) is 0 Å². The molecule has 32 heavy (non-hydrogen) atoms. The first kappa shape index (κ1) is 23.3. The summed E-state index contributed by atoms with van der Waals surface area (Å²) in [5, 5.41) is 0. The molecule has 0 aromatic heterocycles. The first-order chi connectivity index (χ1) is 15.5. The number of rotatable bonds is 10. The van der Waals surface area contributed by atoms with Crippen molar-refractivity contribution in [2.45, 2.75) is 26.7 Å². The van der Waals surface area contributed by atoms with Gasteiger partial charge in [0.05, 0.1) is 11.1 Å². The van der Waals surface area contributed by atoms with Gasteiger partial charge in [-0.3, -0.25) is 0 Å². The van der Waals surface area contributed by atoms with Crippen LogP contribution < -0.4 is 0 Å². The summed E-state index contributed by atoms with van der Waals surface area (Å²) < 4.78 is 11.6. The largest absolute Gasteiger partial charge is 0.461 e. The fourth-order valence-electron chi connectivity index (χ4n) is 3.77. The number of esters is 2. The van der Waals surface area contributed by atoms with Gasteiger partial charge in [0.25, 0.3) is 0 Å². The van der Waals surface area contributed by atoms with Crippen molar-refractivity contribution in [3.05, 3.63) is 108 Å². The Balaban J connectivity index is 1.84. The Morgan fingerprint density at radius 2 is 1.12 bits per heavy atom. The van der Waals surface area contributed by atoms with E-state index in [2.05, 4.69) is 26.0 Å². The Hall–Kier alpha value is -3.40. The number of carbonyl (C=O) groups is 2. The van der Waals surface area contributed by atoms with E-state index in [0.717, 1.165) is 12.0 Å². The smallest absolute Gasteiger partial charge is 0.338 e. The Labute approximate surface area is 190 Å². The van der Waals surface area contributed by atoms with Crippen molar-refractivity contribution in [2.24, 2.45) is 11.3 Å². The van der Waals surface area contributed by atoms with Gasteiger partial charge >= 0.3 is 11.9 Å². The minimum Gasteiger partial charge on any atom is -0.461 e. The summed E-state index contributed by atoms with van der Waals surface area (Å²) in [4.78, 5) is 25.4. The third kappa shape index (κ3) is 6.07. The van der Waals surface area contributed by atoms with Crippen LogP contribution in [0.25, 0.3) is 0 Å². The molecule has 0 aliphatic heterocycles. The van der Waals surface area contributed by atoms with E-state index in [1.54, 1.807) is 24.3 Å². The van der Waals surface area contributed by atoms with Crippen LogP contribution in [0, 0.1) is 11.3 Å². The van der Waals surface area contributed by atoms with Crippen LogP contribution in [0.3, 0.4) is 0 Å². The lowest BCUT2D eigenvalue weighted by molar-refractivity contribution is -0.0284. The summed E-state index contributed by atoms with van der Waals surface area (Å²) in [6, 6.07) is 28.0. The predicted molar refractivity (Wildman–Crippen MR) is 125 cm³/mol. The molecule has 3 aromatic rings. The molecule has 0 aliphatic carbocycles. The lowest BCUT2D eigenvalue weighted by Crippen LogP contribution is -2.42. The van der Waals surface area contributed by atoms with Crippen molar-refractivity contribution in [1.29, 1.82) is 0 Å². The molecule has 4 heteroatoms. The van der Waals surface area contributed by atoms with E-state index < -0.39 is 5.41 Å². The van der Waals surface area contributed by atoms with E-state index in [4.69, 9.17) is 9.47 Å². The van der Waals surface area contributed by atoms with Gasteiger partial charge in [-0.25, -0.2) is 9.59 Å². The molecule has 0 saturated carbocycles. The summed E-state index contributed by atoms with van der Waals surface area (Å²) in [6.45, 7) is 4.54. The average molecular weight is 431 g/mol. The number of benzene rings is 3. The molecule has 0 heterocycles. The van der Waals surface area contributed by atoms with Gasteiger partial charge in [0.2, 0.25) is 0 Å². The van der Waals surface area contributed by atoms with Gasteiger partial charge in [0.15, 0.2) is 0 Å². The third-order valence-corrected chi connectivity index (χ3v) is 6.06. The highest BCUT2D eigenvalue weighted by atomic mass is 16.5. The van der Waals surface area contributed by atoms with E-state index >= 15 is 0 Å². The van der Waals surface area contributed by atoms with Crippen LogP contribution in [-0.4, -0.2) is 25.2 Å². The maximum Gasteiger partial charge on any atom is 0.338 e. The van der Waals surface area contributed by atoms with E-state index in [-0.39, 0.29) is 31.1 Å². The molecule has 0 fully saturated rings. The molecule has 1 atom stereocenters. The molecule has 0 spiro atoms. The molecule has 166 valence electrons. The van der Waals surface area contributed by atoms with Gasteiger partial charge < -0.3 is 9.47 Å². The Bertz CT molecular complexity index is 928. The van der Waals surface area contributed by atoms with Crippen molar-refractivity contribution in [2.75, 3.05) is 13.2 Å². The summed E-state index contributed by atoms with van der Waals surface area (Å²) in [7, 11) is 0. The molecule has 0 saturated heterocycles. The zero-order valence-electron chi connectivity index (χ0n) is 18.7. The molecule has 4 nitrogen and oxygen atoms in total. The first-order valence-electron chi connectivity index (χ1n) is 11.0. The quantitative estimate of drug-likeness (QED) is 0.372. The van der Waals surface area contributed by atoms with Crippen LogP contribution in [0.4, 0.5) is 0 Å². The van der Waals surface area contributed by atoms with Crippen LogP contribution in [0.15, 0.2) is 91.0 Å². The van der Waals surface area contributed by atoms with Crippen LogP contribution in [0.5, 0.6) is 0 Å². The molecule has 0 amide bonds. The maximum atomic E-state index is 12.7. The minimum atomic E-state index is -0.551. The Morgan fingerprint density at radius 3 is 1.53 bits per heavy atom. The molecule has 3 rings (SSSR count). The maximum absolute atomic E-state index is 12.7. The number of ether oxygens (including phenoxy) is 2. The summed E-state index contributed by atoms with van der Waals surface area (Å²) in [5.41, 5.74) is 1.57. The average Bonchev–Trinajstić information content (AvgIpc) is 2.86. The second-order valence-electron chi connectivity index (χ2n) is 8.22. The zero-order valence-corrected chi connectivity index (χ0v) is 18.7. The predicted octanol–water partition coefficient (Wildman–Crippen LogP) is 5.98. The summed E-state index contributed by atoms with van der Waals surface area (Å²) >= 11 is 0. The van der Waals surface area contributed by atoms with E-state index in [9.17, 15) is 9.59 Å². The van der Waals surface area contributed by atoms with E-state index in [1.165, 1.54) is 0 Å². The monoisotopic (exact) mass is 430 g/mol. The van der Waals surface area contributed by atoms with Crippen molar-refractivity contribution in [3.8, 4) is 0 Å². The molecule has 1 unspecified atom stereocenters. The number of hydrogen-bond acceptors (Lipinski definition) is 4. The second kappa shape index (κ2) is 11.3. The van der Waals surface area contributed by atoms with Crippen LogP contribution in [0.2, 0.25) is 0 Å². The van der Waals surface area contributed by atoms with Gasteiger partial charge in [0.1, 0.15) is 13.2 Å². The van der Waals surface area contributed by atoms with Crippen LogP contribution in [-0.2, 0) is 15.9 Å². The molecule has 0 radical (unpaired) electrons. The molecular weight excluding hydrogens is 400 g/mol. The molecular formula is C28H30O4. The highest BCUT2D eigenvalue weighted by molar-refractivity contribution is 5.89. The van der Waals surface area contributed by atoms with Gasteiger partial charge in [0, 0.05) is 5.41 Å². The van der Waals surface area contributed by atoms with Crippen LogP contribution in [0.1, 0.15) is 46.5 Å². The topological polar surface area (TPSA) is 52.6 Å². The van der Waals surface area contributed by atoms with Crippen LogP contribution >= 0.6 is 0 Å². The van der Waals surface area contributed by atoms with Crippen molar-refractivity contribution >= 4 is 11.9 Å². The van der Waals surface area contributed by atoms with Gasteiger partial charge in [-0.1, -0.05) is 87.0 Å². The molecule has 0 bridgehead atoms. The zero-order chi connectivity index (χ0) is 22.8. The second-order valence-corrected chi connectivity index (χ2v) is 8.22. The highest BCUT2D eigenvalue weighted by Crippen LogP contribution is 2.36. The molecule has 0 N–H and O–H groups in total. The normalized spacial score (nSPS) is 12.1. The first-order valence-corrected chi connectivity index (χ1v) is 11.0. The molecule has 0 aliphatic rings. The highest BCUT2D eigenvalue weighted by Gasteiger charge is 2.39. The van der Waals surface area contributed by atoms with E-state index in [1.807, 2.05) is 54.6 Å². The third-order valence-electron chi connectivity index (χ3n) is 6.06. The summed E-state index contributed by atoms with van der Waals surface area (Å²) in [5.74, 6) is -0.601. The van der Waals surface area contributed by atoms with Gasteiger partial charge in [-0.05, 0) is 42.2 Å². The minimum absolute atomic E-state index is 0.148. The Kier molecular flexibility index (Phi) is 8.20. The van der Waals surface area contributed by atoms with Crippen molar-refractivity contribution in [3.63, 3.8) is 0 Å². The van der Waals surface area contributed by atoms with Crippen molar-refractivity contribution in [1.82, 2.24) is 0 Å². The SMILES string of the molecule is CCC(C)C(COC(=O)c1ccccc1)(COC(=O)c1ccccc1)Cc1ccccc1. The van der Waals surface area contributed by atoms with Gasteiger partial charge in [-0.15, -0.1) is 0 Å². The number of hydrogen-bond donors (Lipinski definition) is 0.